The number of carbonyl (C=O) groups excluding carboxylic acids is 2. The molecule has 4 aromatic rings. The second kappa shape index (κ2) is 10.2. The van der Waals surface area contributed by atoms with Crippen LogP contribution in [0.4, 0.5) is 5.13 Å². The fraction of sp³-hybridized carbons (Fsp3) is 0.179. The largest absolute Gasteiger partial charge is 0.508 e. The second-order valence-corrected chi connectivity index (χ2v) is 10.0. The number of anilines is 1. The van der Waals surface area contributed by atoms with Gasteiger partial charge in [-0.2, -0.15) is 0 Å². The third-order valence-electron chi connectivity index (χ3n) is 6.05. The van der Waals surface area contributed by atoms with E-state index in [1.54, 1.807) is 54.6 Å². The molecule has 0 spiro atoms. The van der Waals surface area contributed by atoms with E-state index in [0.29, 0.717) is 34.0 Å². The fourth-order valence-electron chi connectivity index (χ4n) is 4.25. The molecule has 0 aliphatic carbocycles. The number of phenols is 1. The summed E-state index contributed by atoms with van der Waals surface area (Å²) in [6.45, 7) is 2.59. The standard InChI is InChI=1S/C28H23ClN2O5S/c1-2-3-12-36-20-9-5-7-17(14-20)25(33)23-24(16-6-4-8-19(32)13-16)31(27(35)26(23)34)28-30-21-11-10-18(29)15-22(21)37-28/h4-11,13-15,24,32-33H,2-3,12H2,1H3/b25-23+. The summed E-state index contributed by atoms with van der Waals surface area (Å²) in [7, 11) is 0. The summed E-state index contributed by atoms with van der Waals surface area (Å²) in [6.07, 6.45) is 1.86. The first-order chi connectivity index (χ1) is 17.9. The minimum Gasteiger partial charge on any atom is -0.508 e. The molecule has 1 saturated heterocycles. The van der Waals surface area contributed by atoms with Gasteiger partial charge in [0.15, 0.2) is 5.13 Å². The zero-order valence-electron chi connectivity index (χ0n) is 19.8. The van der Waals surface area contributed by atoms with Crippen molar-refractivity contribution in [1.82, 2.24) is 4.98 Å². The highest BCUT2D eigenvalue weighted by Crippen LogP contribution is 2.45. The molecule has 1 atom stereocenters. The second-order valence-electron chi connectivity index (χ2n) is 8.60. The fourth-order valence-corrected chi connectivity index (χ4v) is 5.52. The van der Waals surface area contributed by atoms with Crippen LogP contribution < -0.4 is 9.64 Å². The molecule has 37 heavy (non-hydrogen) atoms. The van der Waals surface area contributed by atoms with Crippen LogP contribution in [-0.2, 0) is 9.59 Å². The van der Waals surface area contributed by atoms with Gasteiger partial charge in [0.2, 0.25) is 0 Å². The summed E-state index contributed by atoms with van der Waals surface area (Å²) in [5, 5.41) is 22.4. The number of ether oxygens (including phenoxy) is 1. The predicted octanol–water partition coefficient (Wildman–Crippen LogP) is 6.46. The van der Waals surface area contributed by atoms with Gasteiger partial charge in [0.25, 0.3) is 5.78 Å². The molecular weight excluding hydrogens is 512 g/mol. The molecule has 1 unspecified atom stereocenters. The summed E-state index contributed by atoms with van der Waals surface area (Å²) in [5.41, 5.74) is 1.32. The summed E-state index contributed by atoms with van der Waals surface area (Å²) < 4.78 is 6.51. The number of aliphatic hydroxyl groups is 1. The molecule has 9 heteroatoms. The molecule has 1 amide bonds. The van der Waals surface area contributed by atoms with Crippen LogP contribution in [0.3, 0.4) is 0 Å². The number of phenolic OH excluding ortho intramolecular Hbond substituents is 1. The number of aromatic nitrogens is 1. The van der Waals surface area contributed by atoms with Gasteiger partial charge in [0.05, 0.1) is 28.4 Å². The number of halogens is 1. The number of hydrogen-bond acceptors (Lipinski definition) is 7. The Morgan fingerprint density at radius 1 is 1.11 bits per heavy atom. The number of nitrogens with zero attached hydrogens (tertiary/aromatic N) is 2. The first-order valence-electron chi connectivity index (χ1n) is 11.8. The molecule has 188 valence electrons. The first kappa shape index (κ1) is 24.8. The van der Waals surface area contributed by atoms with Gasteiger partial charge in [0.1, 0.15) is 17.3 Å². The van der Waals surface area contributed by atoms with Crippen molar-refractivity contribution in [2.24, 2.45) is 0 Å². The molecule has 1 aliphatic rings. The van der Waals surface area contributed by atoms with Gasteiger partial charge in [-0.15, -0.1) is 0 Å². The summed E-state index contributed by atoms with van der Waals surface area (Å²) in [4.78, 5) is 32.6. The lowest BCUT2D eigenvalue weighted by atomic mass is 9.95. The van der Waals surface area contributed by atoms with Crippen LogP contribution in [0.25, 0.3) is 16.0 Å². The number of benzene rings is 3. The highest BCUT2D eigenvalue weighted by atomic mass is 35.5. The first-order valence-corrected chi connectivity index (χ1v) is 13.0. The van der Waals surface area contributed by atoms with E-state index >= 15 is 0 Å². The zero-order chi connectivity index (χ0) is 26.1. The summed E-state index contributed by atoms with van der Waals surface area (Å²) >= 11 is 7.34. The molecule has 5 rings (SSSR count). The molecule has 1 fully saturated rings. The molecule has 1 aromatic heterocycles. The topological polar surface area (TPSA) is 100.0 Å². The molecule has 7 nitrogen and oxygen atoms in total. The van der Waals surface area contributed by atoms with Gasteiger partial charge >= 0.3 is 5.91 Å². The minimum atomic E-state index is -1.01. The van der Waals surface area contributed by atoms with Crippen molar-refractivity contribution in [3.05, 3.63) is 88.5 Å². The van der Waals surface area contributed by atoms with E-state index in [4.69, 9.17) is 16.3 Å². The lowest BCUT2D eigenvalue weighted by Gasteiger charge is -2.23. The van der Waals surface area contributed by atoms with Crippen LogP contribution >= 0.6 is 22.9 Å². The quantitative estimate of drug-likeness (QED) is 0.122. The maximum atomic E-state index is 13.4. The number of amides is 1. The van der Waals surface area contributed by atoms with E-state index in [0.717, 1.165) is 17.5 Å². The monoisotopic (exact) mass is 534 g/mol. The van der Waals surface area contributed by atoms with Crippen molar-refractivity contribution in [3.8, 4) is 11.5 Å². The van der Waals surface area contributed by atoms with Crippen LogP contribution in [-0.4, -0.2) is 33.5 Å². The number of ketones is 1. The molecule has 2 N–H and O–H groups in total. The van der Waals surface area contributed by atoms with Crippen LogP contribution in [0.2, 0.25) is 5.02 Å². The van der Waals surface area contributed by atoms with E-state index in [-0.39, 0.29) is 22.2 Å². The number of carbonyl (C=O) groups is 2. The number of unbranched alkanes of at least 4 members (excludes halogenated alkanes) is 1. The van der Waals surface area contributed by atoms with E-state index in [2.05, 4.69) is 11.9 Å². The van der Waals surface area contributed by atoms with Gasteiger partial charge in [-0.05, 0) is 54.4 Å². The van der Waals surface area contributed by atoms with Crippen LogP contribution in [0.5, 0.6) is 11.5 Å². The number of aliphatic hydroxyl groups excluding tert-OH is 1. The van der Waals surface area contributed by atoms with Crippen LogP contribution in [0.1, 0.15) is 36.9 Å². The number of hydrogen-bond donors (Lipinski definition) is 2. The molecule has 0 saturated carbocycles. The van der Waals surface area contributed by atoms with Crippen molar-refractivity contribution in [2.75, 3.05) is 11.5 Å². The third-order valence-corrected chi connectivity index (χ3v) is 7.30. The molecule has 3 aromatic carbocycles. The molecule has 2 heterocycles. The SMILES string of the molecule is CCCCOc1cccc(/C(O)=C2\C(=O)C(=O)N(c3nc4ccc(Cl)cc4s3)C2c2cccc(O)c2)c1. The molecule has 0 bridgehead atoms. The number of thiazole rings is 1. The Morgan fingerprint density at radius 3 is 2.70 bits per heavy atom. The summed E-state index contributed by atoms with van der Waals surface area (Å²) in [5.74, 6) is -1.50. The Hall–Kier alpha value is -3.88. The Morgan fingerprint density at radius 2 is 1.92 bits per heavy atom. The Labute approximate surface area is 222 Å². The van der Waals surface area contributed by atoms with Crippen molar-refractivity contribution in [3.63, 3.8) is 0 Å². The van der Waals surface area contributed by atoms with Gasteiger partial charge in [-0.3, -0.25) is 14.5 Å². The lowest BCUT2D eigenvalue weighted by Crippen LogP contribution is -2.29. The minimum absolute atomic E-state index is 0.0366. The van der Waals surface area contributed by atoms with Gasteiger partial charge in [0, 0.05) is 10.6 Å². The van der Waals surface area contributed by atoms with Crippen LogP contribution in [0, 0.1) is 0 Å². The predicted molar refractivity (Wildman–Crippen MR) is 144 cm³/mol. The van der Waals surface area contributed by atoms with Gasteiger partial charge < -0.3 is 14.9 Å². The van der Waals surface area contributed by atoms with Crippen molar-refractivity contribution < 1.29 is 24.5 Å². The smallest absolute Gasteiger partial charge is 0.301 e. The number of fused-ring (bicyclic) bond motifs is 1. The van der Waals surface area contributed by atoms with Crippen molar-refractivity contribution >= 4 is 55.7 Å². The third kappa shape index (κ3) is 4.77. The molecule has 1 aliphatic heterocycles. The Balaban J connectivity index is 1.65. The Bertz CT molecular complexity index is 1550. The van der Waals surface area contributed by atoms with E-state index in [9.17, 15) is 19.8 Å². The van der Waals surface area contributed by atoms with E-state index in [1.165, 1.54) is 28.4 Å². The summed E-state index contributed by atoms with van der Waals surface area (Å²) in [6, 6.07) is 17.2. The van der Waals surface area contributed by atoms with Crippen molar-refractivity contribution in [1.29, 1.82) is 0 Å². The van der Waals surface area contributed by atoms with Gasteiger partial charge in [-0.25, -0.2) is 4.98 Å². The molecular formula is C28H23ClN2O5S. The average Bonchev–Trinajstić information content (AvgIpc) is 3.41. The number of rotatable bonds is 7. The van der Waals surface area contributed by atoms with Crippen LogP contribution in [0.15, 0.2) is 72.3 Å². The maximum Gasteiger partial charge on any atom is 0.301 e. The lowest BCUT2D eigenvalue weighted by molar-refractivity contribution is -0.132. The highest BCUT2D eigenvalue weighted by Gasteiger charge is 2.48. The Kier molecular flexibility index (Phi) is 6.86. The van der Waals surface area contributed by atoms with Crippen molar-refractivity contribution in [2.45, 2.75) is 25.8 Å². The zero-order valence-corrected chi connectivity index (χ0v) is 21.4. The number of aromatic hydroxyl groups is 1. The maximum absolute atomic E-state index is 13.4. The van der Waals surface area contributed by atoms with Gasteiger partial charge in [-0.1, -0.05) is 60.5 Å². The number of Topliss-reactive ketones (excluding diaryl/α,β-unsaturated/α-hetero) is 1. The van der Waals surface area contributed by atoms with E-state index < -0.39 is 17.7 Å². The average molecular weight is 535 g/mol. The van der Waals surface area contributed by atoms with E-state index in [1.807, 2.05) is 0 Å². The molecule has 0 radical (unpaired) electrons. The normalized spacial score (nSPS) is 17.0. The highest BCUT2D eigenvalue weighted by molar-refractivity contribution is 7.22.